The summed E-state index contributed by atoms with van der Waals surface area (Å²) in [5.74, 6) is 0.671. The summed E-state index contributed by atoms with van der Waals surface area (Å²) in [6.45, 7) is 7.02. The van der Waals surface area contributed by atoms with Gasteiger partial charge in [0.05, 0.1) is 11.6 Å². The predicted molar refractivity (Wildman–Crippen MR) is 89.2 cm³/mol. The number of hydrogen-bond acceptors (Lipinski definition) is 3. The first-order chi connectivity index (χ1) is 10.8. The molecule has 1 aromatic rings. The van der Waals surface area contributed by atoms with Crippen molar-refractivity contribution in [3.63, 3.8) is 0 Å². The molecule has 7 heteroatoms. The highest BCUT2D eigenvalue weighted by molar-refractivity contribution is 5.89. The summed E-state index contributed by atoms with van der Waals surface area (Å²) in [7, 11) is 3.62. The van der Waals surface area contributed by atoms with Crippen LogP contribution in [0.15, 0.2) is 6.07 Å². The number of piperidine rings is 1. The van der Waals surface area contributed by atoms with E-state index in [0.717, 1.165) is 18.5 Å². The Hall–Kier alpha value is -2.05. The Morgan fingerprint density at radius 3 is 2.70 bits per heavy atom. The highest BCUT2D eigenvalue weighted by atomic mass is 16.2. The predicted octanol–water partition coefficient (Wildman–Crippen LogP) is 1.84. The van der Waals surface area contributed by atoms with Gasteiger partial charge in [0.2, 0.25) is 5.91 Å². The van der Waals surface area contributed by atoms with Crippen LogP contribution >= 0.6 is 0 Å². The van der Waals surface area contributed by atoms with Gasteiger partial charge in [-0.25, -0.2) is 4.79 Å². The fraction of sp³-hybridized carbons (Fsp3) is 0.688. The van der Waals surface area contributed by atoms with Crippen LogP contribution in [-0.2, 0) is 11.8 Å². The van der Waals surface area contributed by atoms with Crippen molar-refractivity contribution < 1.29 is 9.59 Å². The lowest BCUT2D eigenvalue weighted by Crippen LogP contribution is -2.48. The second-order valence-corrected chi connectivity index (χ2v) is 6.55. The average molecular weight is 321 g/mol. The molecule has 0 radical (unpaired) electrons. The van der Waals surface area contributed by atoms with E-state index in [4.69, 9.17) is 0 Å². The van der Waals surface area contributed by atoms with E-state index < -0.39 is 0 Å². The zero-order valence-corrected chi connectivity index (χ0v) is 14.7. The smallest absolute Gasteiger partial charge is 0.323 e. The molecule has 0 bridgehead atoms. The van der Waals surface area contributed by atoms with Gasteiger partial charge in [0.25, 0.3) is 0 Å². The van der Waals surface area contributed by atoms with Gasteiger partial charge in [0.1, 0.15) is 5.82 Å². The molecule has 1 aliphatic rings. The molecule has 1 saturated heterocycles. The van der Waals surface area contributed by atoms with Crippen LogP contribution in [0.25, 0.3) is 0 Å². The van der Waals surface area contributed by atoms with E-state index in [9.17, 15) is 9.59 Å². The van der Waals surface area contributed by atoms with Crippen LogP contribution in [0, 0.1) is 12.8 Å². The van der Waals surface area contributed by atoms with E-state index >= 15 is 0 Å². The van der Waals surface area contributed by atoms with Crippen LogP contribution in [-0.4, -0.2) is 57.7 Å². The Labute approximate surface area is 137 Å². The van der Waals surface area contributed by atoms with E-state index in [1.54, 1.807) is 21.5 Å². The number of carbonyl (C=O) groups is 2. The third-order valence-electron chi connectivity index (χ3n) is 4.42. The van der Waals surface area contributed by atoms with Gasteiger partial charge < -0.3 is 9.80 Å². The summed E-state index contributed by atoms with van der Waals surface area (Å²) in [4.78, 5) is 28.4. The van der Waals surface area contributed by atoms with E-state index in [-0.39, 0.29) is 23.9 Å². The minimum Gasteiger partial charge on any atom is -0.343 e. The average Bonchev–Trinajstić information content (AvgIpc) is 2.83. The zero-order valence-electron chi connectivity index (χ0n) is 14.7. The lowest BCUT2D eigenvalue weighted by Gasteiger charge is -2.35. The maximum atomic E-state index is 12.5. The van der Waals surface area contributed by atoms with Gasteiger partial charge in [0, 0.05) is 39.3 Å². The van der Waals surface area contributed by atoms with Gasteiger partial charge in [0.15, 0.2) is 0 Å². The number of nitrogens with one attached hydrogen (secondary N) is 1. The summed E-state index contributed by atoms with van der Waals surface area (Å²) in [5.41, 5.74) is 0.855. The van der Waals surface area contributed by atoms with Crippen LogP contribution in [0.4, 0.5) is 10.6 Å². The number of rotatable bonds is 3. The summed E-state index contributed by atoms with van der Waals surface area (Å²) in [6, 6.07) is 1.83. The number of nitrogens with zero attached hydrogens (tertiary/aromatic N) is 4. The molecule has 3 amide bonds. The second-order valence-electron chi connectivity index (χ2n) is 6.55. The van der Waals surface area contributed by atoms with Crippen molar-refractivity contribution in [3.8, 4) is 0 Å². The zero-order chi connectivity index (χ0) is 17.1. The molecule has 2 heterocycles. The van der Waals surface area contributed by atoms with Gasteiger partial charge in [-0.3, -0.25) is 14.8 Å². The van der Waals surface area contributed by atoms with Gasteiger partial charge in [-0.15, -0.1) is 0 Å². The van der Waals surface area contributed by atoms with Crippen molar-refractivity contribution in [3.05, 3.63) is 11.8 Å². The number of carbonyl (C=O) groups excluding carboxylic acids is 2. The van der Waals surface area contributed by atoms with Crippen molar-refractivity contribution in [2.45, 2.75) is 39.7 Å². The first-order valence-electron chi connectivity index (χ1n) is 8.12. The Bertz CT molecular complexity index is 581. The Balaban J connectivity index is 1.99. The molecule has 7 nitrogen and oxygen atoms in total. The SMILES string of the molecule is Cc1cc(NC(=O)N2CCCC(C(=O)N(C)C(C)C)C2)n(C)n1. The van der Waals surface area contributed by atoms with Crippen molar-refractivity contribution in [2.75, 3.05) is 25.5 Å². The first-order valence-corrected chi connectivity index (χ1v) is 8.12. The van der Waals surface area contributed by atoms with Crippen LogP contribution in [0.1, 0.15) is 32.4 Å². The summed E-state index contributed by atoms with van der Waals surface area (Å²) in [6.07, 6.45) is 1.69. The number of aromatic nitrogens is 2. The second kappa shape index (κ2) is 7.02. The molecule has 23 heavy (non-hydrogen) atoms. The lowest BCUT2D eigenvalue weighted by molar-refractivity contribution is -0.137. The number of hydrogen-bond donors (Lipinski definition) is 1. The molecular weight excluding hydrogens is 294 g/mol. The van der Waals surface area contributed by atoms with Gasteiger partial charge in [-0.2, -0.15) is 5.10 Å². The Morgan fingerprint density at radius 2 is 2.13 bits per heavy atom. The quantitative estimate of drug-likeness (QED) is 0.923. The number of anilines is 1. The highest BCUT2D eigenvalue weighted by Gasteiger charge is 2.31. The summed E-state index contributed by atoms with van der Waals surface area (Å²) < 4.78 is 1.65. The molecule has 1 aliphatic heterocycles. The van der Waals surface area contributed by atoms with Crippen molar-refractivity contribution in [1.82, 2.24) is 19.6 Å². The molecule has 0 saturated carbocycles. The lowest BCUT2D eigenvalue weighted by atomic mass is 9.96. The largest absolute Gasteiger partial charge is 0.343 e. The normalized spacial score (nSPS) is 18.2. The van der Waals surface area contributed by atoms with Crippen molar-refractivity contribution in [1.29, 1.82) is 0 Å². The van der Waals surface area contributed by atoms with Crippen LogP contribution in [0.2, 0.25) is 0 Å². The van der Waals surface area contributed by atoms with Crippen LogP contribution < -0.4 is 5.32 Å². The van der Waals surface area contributed by atoms with E-state index in [1.165, 1.54) is 0 Å². The number of likely N-dealkylation sites (tertiary alicyclic amines) is 1. The summed E-state index contributed by atoms with van der Waals surface area (Å²) >= 11 is 0. The fourth-order valence-electron chi connectivity index (χ4n) is 2.82. The highest BCUT2D eigenvalue weighted by Crippen LogP contribution is 2.20. The minimum atomic E-state index is -0.169. The maximum absolute atomic E-state index is 12.5. The van der Waals surface area contributed by atoms with Gasteiger partial charge >= 0.3 is 6.03 Å². The van der Waals surface area contributed by atoms with Crippen LogP contribution in [0.3, 0.4) is 0 Å². The molecule has 0 aromatic carbocycles. The molecular formula is C16H27N5O2. The summed E-state index contributed by atoms with van der Waals surface area (Å²) in [5, 5.41) is 7.09. The van der Waals surface area contributed by atoms with E-state index in [2.05, 4.69) is 10.4 Å². The van der Waals surface area contributed by atoms with Crippen LogP contribution in [0.5, 0.6) is 0 Å². The monoisotopic (exact) mass is 321 g/mol. The van der Waals surface area contributed by atoms with Gasteiger partial charge in [-0.1, -0.05) is 0 Å². The number of urea groups is 1. The third-order valence-corrected chi connectivity index (χ3v) is 4.42. The molecule has 1 atom stereocenters. The molecule has 0 aliphatic carbocycles. The first kappa shape index (κ1) is 17.3. The van der Waals surface area contributed by atoms with Gasteiger partial charge in [-0.05, 0) is 33.6 Å². The number of amides is 3. The molecule has 0 spiro atoms. The third kappa shape index (κ3) is 4.03. The number of aryl methyl sites for hydroxylation is 2. The molecule has 128 valence electrons. The molecule has 1 unspecified atom stereocenters. The topological polar surface area (TPSA) is 70.5 Å². The fourth-order valence-corrected chi connectivity index (χ4v) is 2.82. The van der Waals surface area contributed by atoms with E-state index in [1.807, 2.05) is 33.9 Å². The molecule has 1 aromatic heterocycles. The molecule has 1 N–H and O–H groups in total. The maximum Gasteiger partial charge on any atom is 0.323 e. The molecule has 1 fully saturated rings. The van der Waals surface area contributed by atoms with Crippen molar-refractivity contribution >= 4 is 17.8 Å². The Kier molecular flexibility index (Phi) is 5.28. The standard InChI is InChI=1S/C16H27N5O2/c1-11(2)19(4)15(22)13-7-6-8-21(10-13)16(23)17-14-9-12(3)18-20(14)5/h9,11,13H,6-8,10H2,1-5H3,(H,17,23). The molecule has 2 rings (SSSR count). The van der Waals surface area contributed by atoms with E-state index in [0.29, 0.717) is 18.9 Å². The Morgan fingerprint density at radius 1 is 1.43 bits per heavy atom. The minimum absolute atomic E-state index is 0.116. The van der Waals surface area contributed by atoms with Crippen molar-refractivity contribution in [2.24, 2.45) is 13.0 Å².